The van der Waals surface area contributed by atoms with Gasteiger partial charge in [-0.1, -0.05) is 39.0 Å². The first-order chi connectivity index (χ1) is 35.0. The van der Waals surface area contributed by atoms with Crippen molar-refractivity contribution >= 4 is 49.8 Å². The van der Waals surface area contributed by atoms with Gasteiger partial charge in [-0.05, 0) is 137 Å². The molecule has 1 amide bonds. The van der Waals surface area contributed by atoms with Gasteiger partial charge in [0.25, 0.3) is 5.88 Å². The van der Waals surface area contributed by atoms with E-state index >= 15 is 0 Å². The number of piperidine rings is 1. The van der Waals surface area contributed by atoms with Gasteiger partial charge in [0.05, 0.1) is 51.1 Å². The van der Waals surface area contributed by atoms with Gasteiger partial charge in [0.1, 0.15) is 29.7 Å². The summed E-state index contributed by atoms with van der Waals surface area (Å²) in [5, 5.41) is 16.6. The summed E-state index contributed by atoms with van der Waals surface area (Å²) in [5.41, 5.74) is 4.16. The second-order valence-electron chi connectivity index (χ2n) is 22.9. The van der Waals surface area contributed by atoms with Gasteiger partial charge in [-0.25, -0.2) is 4.79 Å². The molecule has 6 atom stereocenters. The highest BCUT2D eigenvalue weighted by Gasteiger charge is 2.56. The van der Waals surface area contributed by atoms with Gasteiger partial charge in [0.15, 0.2) is 12.6 Å². The van der Waals surface area contributed by atoms with Crippen molar-refractivity contribution < 1.29 is 42.9 Å². The van der Waals surface area contributed by atoms with Gasteiger partial charge in [0, 0.05) is 61.2 Å². The number of benzene rings is 2. The number of carbonyl (C=O) groups is 2. The molecular weight excluding hydrogens is 945 g/mol. The van der Waals surface area contributed by atoms with Gasteiger partial charge in [-0.2, -0.15) is 9.97 Å². The molecule has 0 spiro atoms. The first-order valence-electron chi connectivity index (χ1n) is 26.4. The fourth-order valence-corrected chi connectivity index (χ4v) is 13.9. The maximum Gasteiger partial charge on any atom is 0.410 e. The van der Waals surface area contributed by atoms with Crippen LogP contribution in [-0.4, -0.2) is 157 Å². The molecule has 8 heterocycles. The second kappa shape index (κ2) is 19.3. The maximum absolute atomic E-state index is 13.6. The Balaban J connectivity index is 0.844. The molecule has 6 aliphatic rings. The molecule has 11 rings (SSSR count). The van der Waals surface area contributed by atoms with Crippen molar-refractivity contribution in [2.45, 2.75) is 133 Å². The van der Waals surface area contributed by atoms with Crippen molar-refractivity contribution in [3.05, 3.63) is 59.5 Å². The number of fused-ring (bicyclic) bond motifs is 7. The number of rotatable bonds is 15. The zero-order valence-electron chi connectivity index (χ0n) is 43.3. The topological polar surface area (TPSA) is 178 Å². The van der Waals surface area contributed by atoms with Gasteiger partial charge in [-0.3, -0.25) is 19.6 Å². The molecule has 3 aromatic heterocycles. The Hall–Kier alpha value is -5.56. The summed E-state index contributed by atoms with van der Waals surface area (Å²) >= 11 is 0. The average molecular weight is 1010 g/mol. The number of aliphatic carboxylic acids is 1. The summed E-state index contributed by atoms with van der Waals surface area (Å²) in [5.74, 6) is 0.668. The molecule has 5 saturated heterocycles. The fraction of sp³-hybridized carbons (Fsp3) is 0.600. The van der Waals surface area contributed by atoms with Gasteiger partial charge in [0.2, 0.25) is 0 Å². The monoisotopic (exact) mass is 1010 g/mol. The number of nitrogens with zero attached hydrogens (tertiary/aromatic N) is 8. The van der Waals surface area contributed by atoms with Crippen LogP contribution in [0.2, 0.25) is 0 Å². The lowest BCUT2D eigenvalue weighted by molar-refractivity contribution is -0.140. The van der Waals surface area contributed by atoms with Crippen LogP contribution in [0.25, 0.3) is 32.9 Å². The number of pyridine rings is 1. The third kappa shape index (κ3) is 9.28. The van der Waals surface area contributed by atoms with E-state index in [4.69, 9.17) is 43.2 Å². The number of carboxylic acid groups (broad SMARTS) is 1. The Kier molecular flexibility index (Phi) is 13.1. The standard InChI is InChI=1S/C55H69N8O9Si/c1-32(2)44(50(64)65)42-24-43(59-72-42)68-28-34-14-20-60(21-15-34)29-55(73)18-17-54(16-9-19-62(54)55)30-69-51-57-48-41(49(58-51)61-26-36-12-13-37(27-61)63(36)52(66)71-53(4,5)6)25-56-47-40-23-38(70-31-67-7)22-35-10-8-11-39(46(35)40)33(3)45(47)48/h8,10-11,22-25,32-34,36-37,44H,9,12-21,26-31H2,1-7H3,(H,64,65)/t33?,36?,37?,44?,54-,55+/m0/s1. The van der Waals surface area contributed by atoms with Crippen molar-refractivity contribution in [3.8, 4) is 28.9 Å². The molecule has 73 heavy (non-hydrogen) atoms. The van der Waals surface area contributed by atoms with Crippen molar-refractivity contribution in [1.29, 1.82) is 0 Å². The van der Waals surface area contributed by atoms with Crippen LogP contribution in [0.5, 0.6) is 17.6 Å². The molecule has 2 aromatic carbocycles. The van der Waals surface area contributed by atoms with Gasteiger partial charge in [-0.15, -0.1) is 0 Å². The molecule has 1 N–H and O–H groups in total. The van der Waals surface area contributed by atoms with E-state index in [0.717, 1.165) is 122 Å². The largest absolute Gasteiger partial charge is 0.481 e. The van der Waals surface area contributed by atoms with E-state index in [1.165, 1.54) is 5.56 Å². The fourth-order valence-electron chi connectivity index (χ4n) is 13.2. The molecule has 5 aliphatic heterocycles. The Morgan fingerprint density at radius 1 is 0.973 bits per heavy atom. The molecule has 18 heteroatoms. The van der Waals surface area contributed by atoms with Crippen LogP contribution in [0.4, 0.5) is 10.6 Å². The molecule has 1 aliphatic carbocycles. The molecule has 3 radical (unpaired) electrons. The zero-order chi connectivity index (χ0) is 51.0. The second-order valence-corrected chi connectivity index (χ2v) is 23.9. The third-order valence-electron chi connectivity index (χ3n) is 16.6. The summed E-state index contributed by atoms with van der Waals surface area (Å²) in [7, 11) is 6.04. The number of likely N-dealkylation sites (tertiary alicyclic amines) is 1. The number of anilines is 1. The lowest BCUT2D eigenvalue weighted by Crippen LogP contribution is -2.58. The molecular formula is C55H69N8O9Si. The Labute approximate surface area is 430 Å². The first-order valence-corrected chi connectivity index (χ1v) is 26.9. The summed E-state index contributed by atoms with van der Waals surface area (Å²) in [6.45, 7) is 17.8. The SMILES string of the molecule is COCOc1cc2c3c(cccc3c1)C(C)c1c-2ncc2c(N3CC4CCC(C3)N4C(=O)OC(C)(C)C)nc(OC[C@@]34CCCN3[C@]([Si])(CN3CCC(COc5cc(C(C(=O)O)C(C)C)on5)CC3)CC4)nc12. The van der Waals surface area contributed by atoms with E-state index in [2.05, 4.69) is 67.4 Å². The van der Waals surface area contributed by atoms with Crippen molar-refractivity contribution in [3.63, 3.8) is 0 Å². The summed E-state index contributed by atoms with van der Waals surface area (Å²) in [6.07, 6.45) is 9.53. The molecule has 0 saturated carbocycles. The minimum atomic E-state index is -0.930. The average Bonchev–Trinajstić information content (AvgIpc) is 4.13. The van der Waals surface area contributed by atoms with E-state index in [0.29, 0.717) is 55.6 Å². The van der Waals surface area contributed by atoms with Crippen LogP contribution in [0.1, 0.15) is 122 Å². The number of methoxy groups -OCH3 is 1. The summed E-state index contributed by atoms with van der Waals surface area (Å²) in [6, 6.07) is 12.5. The summed E-state index contributed by atoms with van der Waals surface area (Å²) < 4.78 is 35.7. The number of hydrogen-bond donors (Lipinski definition) is 1. The van der Waals surface area contributed by atoms with E-state index in [1.54, 1.807) is 13.2 Å². The van der Waals surface area contributed by atoms with Crippen LogP contribution < -0.4 is 19.1 Å². The predicted octanol–water partition coefficient (Wildman–Crippen LogP) is 8.36. The third-order valence-corrected chi connectivity index (χ3v) is 17.3. The van der Waals surface area contributed by atoms with Crippen molar-refractivity contribution in [1.82, 2.24) is 34.8 Å². The van der Waals surface area contributed by atoms with E-state index < -0.39 is 17.5 Å². The number of amides is 1. The van der Waals surface area contributed by atoms with Crippen LogP contribution >= 0.6 is 0 Å². The first kappa shape index (κ1) is 49.6. The zero-order valence-corrected chi connectivity index (χ0v) is 44.3. The highest BCUT2D eigenvalue weighted by molar-refractivity contribution is 6.16. The lowest BCUT2D eigenvalue weighted by atomic mass is 9.79. The Bertz CT molecular complexity index is 2890. The van der Waals surface area contributed by atoms with Crippen molar-refractivity contribution in [2.75, 3.05) is 71.3 Å². The smallest absolute Gasteiger partial charge is 0.410 e. The molecule has 2 bridgehead atoms. The Morgan fingerprint density at radius 2 is 1.75 bits per heavy atom. The molecule has 5 aromatic rings. The number of piperazine rings is 1. The van der Waals surface area contributed by atoms with Crippen LogP contribution in [0.15, 0.2) is 47.1 Å². The molecule has 5 fully saturated rings. The highest BCUT2D eigenvalue weighted by atomic mass is 28.1. The number of carboxylic acids is 1. The van der Waals surface area contributed by atoms with Crippen LogP contribution in [0.3, 0.4) is 0 Å². The predicted molar refractivity (Wildman–Crippen MR) is 276 cm³/mol. The number of carbonyl (C=O) groups excluding carboxylic acids is 1. The van der Waals surface area contributed by atoms with E-state index in [9.17, 15) is 14.7 Å². The minimum Gasteiger partial charge on any atom is -0.481 e. The van der Waals surface area contributed by atoms with E-state index in [-0.39, 0.29) is 47.5 Å². The summed E-state index contributed by atoms with van der Waals surface area (Å²) in [4.78, 5) is 50.9. The highest BCUT2D eigenvalue weighted by Crippen LogP contribution is 2.51. The Morgan fingerprint density at radius 3 is 2.48 bits per heavy atom. The van der Waals surface area contributed by atoms with Crippen LogP contribution in [0, 0.1) is 11.8 Å². The molecule has 17 nitrogen and oxygen atoms in total. The lowest BCUT2D eigenvalue weighted by Gasteiger charge is -2.44. The molecule has 387 valence electrons. The normalized spacial score (nSPS) is 25.6. The van der Waals surface area contributed by atoms with Gasteiger partial charge < -0.3 is 43.1 Å². The number of aromatic nitrogens is 4. The maximum atomic E-state index is 13.6. The quantitative estimate of drug-likeness (QED) is 0.0781. The number of hydrogen-bond acceptors (Lipinski definition) is 15. The van der Waals surface area contributed by atoms with Crippen molar-refractivity contribution in [2.24, 2.45) is 11.8 Å². The number of ether oxygens (including phenoxy) is 5. The van der Waals surface area contributed by atoms with E-state index in [1.807, 2.05) is 45.7 Å². The molecule has 4 unspecified atom stereocenters. The minimum absolute atomic E-state index is 0.0180. The van der Waals surface area contributed by atoms with Crippen LogP contribution in [-0.2, 0) is 14.3 Å². The van der Waals surface area contributed by atoms with Gasteiger partial charge >= 0.3 is 18.1 Å².